The molecule has 0 saturated carbocycles. The van der Waals surface area contributed by atoms with Crippen LogP contribution in [0.2, 0.25) is 0 Å². The number of aromatic amines is 1. The summed E-state index contributed by atoms with van der Waals surface area (Å²) < 4.78 is 1.31. The van der Waals surface area contributed by atoms with Crippen LogP contribution in [0.15, 0.2) is 51.4 Å². The molecule has 0 atom stereocenters. The molecule has 10 heteroatoms. The Bertz CT molecular complexity index is 886. The Balaban J connectivity index is 2.17. The number of H-pyrrole nitrogens is 1. The third-order valence-electron chi connectivity index (χ3n) is 3.57. The molecule has 1 aromatic carbocycles. The lowest BCUT2D eigenvalue weighted by atomic mass is 9.80. The number of nitrogens with zero attached hydrogens (tertiary/aromatic N) is 2. The Morgan fingerprint density at radius 2 is 2.04 bits per heavy atom. The van der Waals surface area contributed by atoms with Crippen LogP contribution in [0.5, 0.6) is 0 Å². The van der Waals surface area contributed by atoms with Crippen molar-refractivity contribution in [1.82, 2.24) is 14.9 Å². The van der Waals surface area contributed by atoms with E-state index in [1.54, 1.807) is 31.2 Å². The van der Waals surface area contributed by atoms with Gasteiger partial charge in [0.25, 0.3) is 5.56 Å². The van der Waals surface area contributed by atoms with Gasteiger partial charge in [0.1, 0.15) is 5.70 Å². The molecule has 0 unspecified atom stereocenters. The summed E-state index contributed by atoms with van der Waals surface area (Å²) in [6, 6.07) is 6.61. The molecule has 0 aliphatic heterocycles. The van der Waals surface area contributed by atoms with E-state index in [1.165, 1.54) is 17.0 Å². The highest BCUT2D eigenvalue weighted by Crippen LogP contribution is 2.09. The van der Waals surface area contributed by atoms with Gasteiger partial charge in [-0.05, 0) is 17.9 Å². The fraction of sp³-hybridized carbons (Fsp3) is 0.200. The molecule has 0 aliphatic rings. The van der Waals surface area contributed by atoms with E-state index in [0.717, 1.165) is 5.56 Å². The zero-order valence-corrected chi connectivity index (χ0v) is 13.6. The standard InChI is InChI=1S/C15H18BN5O4/c1-2-21-9-12(14(22)19-15(21)23)13(20-17)8-18-7-10-3-5-11(6-4-10)16(24)25/h3-6,8-9,17-18,24-25H,2,7H2,1H3,(H,19,22,23)/b13-8-,20-17?. The summed E-state index contributed by atoms with van der Waals surface area (Å²) in [6.45, 7) is 2.52. The van der Waals surface area contributed by atoms with Crippen molar-refractivity contribution in [3.63, 3.8) is 0 Å². The number of nitrogens with one attached hydrogen (secondary N) is 3. The molecule has 0 radical (unpaired) electrons. The van der Waals surface area contributed by atoms with Crippen LogP contribution in [0.1, 0.15) is 18.1 Å². The van der Waals surface area contributed by atoms with E-state index in [2.05, 4.69) is 15.4 Å². The van der Waals surface area contributed by atoms with Crippen LogP contribution in [0.4, 0.5) is 0 Å². The lowest BCUT2D eigenvalue weighted by molar-refractivity contribution is 0.426. The van der Waals surface area contributed by atoms with E-state index < -0.39 is 18.4 Å². The van der Waals surface area contributed by atoms with Crippen molar-refractivity contribution in [2.45, 2.75) is 20.0 Å². The first-order valence-corrected chi connectivity index (χ1v) is 7.56. The second-order valence-corrected chi connectivity index (χ2v) is 5.23. The molecule has 0 spiro atoms. The molecule has 0 saturated heterocycles. The number of aromatic nitrogens is 2. The second-order valence-electron chi connectivity index (χ2n) is 5.23. The van der Waals surface area contributed by atoms with Crippen LogP contribution in [-0.4, -0.2) is 26.7 Å². The maximum absolute atomic E-state index is 11.9. The largest absolute Gasteiger partial charge is 0.488 e. The molecule has 0 aliphatic carbocycles. The zero-order chi connectivity index (χ0) is 18.4. The van der Waals surface area contributed by atoms with Crippen molar-refractivity contribution in [3.8, 4) is 0 Å². The Morgan fingerprint density at radius 3 is 2.60 bits per heavy atom. The average molecular weight is 343 g/mol. The maximum atomic E-state index is 11.9. The molecule has 1 aromatic heterocycles. The summed E-state index contributed by atoms with van der Waals surface area (Å²) in [4.78, 5) is 25.7. The zero-order valence-electron chi connectivity index (χ0n) is 13.6. The van der Waals surface area contributed by atoms with Gasteiger partial charge in [0.2, 0.25) is 0 Å². The van der Waals surface area contributed by atoms with Gasteiger partial charge in [-0.3, -0.25) is 9.78 Å². The predicted octanol–water partition coefficient (Wildman–Crippen LogP) is -0.645. The van der Waals surface area contributed by atoms with Crippen LogP contribution in [0.25, 0.3) is 5.70 Å². The van der Waals surface area contributed by atoms with Crippen LogP contribution >= 0.6 is 0 Å². The summed E-state index contributed by atoms with van der Waals surface area (Å²) >= 11 is 0. The van der Waals surface area contributed by atoms with Crippen molar-refractivity contribution >= 4 is 18.3 Å². The molecule has 0 bridgehead atoms. The van der Waals surface area contributed by atoms with Crippen LogP contribution in [-0.2, 0) is 13.1 Å². The van der Waals surface area contributed by atoms with E-state index >= 15 is 0 Å². The minimum atomic E-state index is -1.52. The van der Waals surface area contributed by atoms with Gasteiger partial charge < -0.3 is 19.9 Å². The van der Waals surface area contributed by atoms with Crippen LogP contribution in [0.3, 0.4) is 0 Å². The summed E-state index contributed by atoms with van der Waals surface area (Å²) in [5.74, 6) is 0. The molecule has 2 aromatic rings. The van der Waals surface area contributed by atoms with Crippen LogP contribution < -0.4 is 22.0 Å². The quantitative estimate of drug-likeness (QED) is 0.335. The fourth-order valence-electron chi connectivity index (χ4n) is 2.17. The number of benzene rings is 1. The van der Waals surface area contributed by atoms with Gasteiger partial charge in [0, 0.05) is 25.5 Å². The Morgan fingerprint density at radius 1 is 1.36 bits per heavy atom. The van der Waals surface area contributed by atoms with Crippen molar-refractivity contribution in [3.05, 3.63) is 68.6 Å². The average Bonchev–Trinajstić information content (AvgIpc) is 2.60. The molecule has 25 heavy (non-hydrogen) atoms. The van der Waals surface area contributed by atoms with Gasteiger partial charge in [-0.15, -0.1) is 0 Å². The molecule has 1 heterocycles. The molecule has 0 fully saturated rings. The third-order valence-corrected chi connectivity index (χ3v) is 3.57. The number of hydrogen-bond acceptors (Lipinski definition) is 7. The SMILES string of the molecule is CCn1cc(/C(=C/NCc2ccc(B(O)O)cc2)N=N)c(=O)[nH]c1=O. The van der Waals surface area contributed by atoms with E-state index in [9.17, 15) is 9.59 Å². The van der Waals surface area contributed by atoms with Gasteiger partial charge in [-0.25, -0.2) is 10.3 Å². The van der Waals surface area contributed by atoms with Gasteiger partial charge in [0.05, 0.1) is 5.56 Å². The number of hydrogen-bond donors (Lipinski definition) is 5. The first kappa shape index (κ1) is 18.4. The molecule has 0 amide bonds. The van der Waals surface area contributed by atoms with Crippen molar-refractivity contribution in [2.75, 3.05) is 0 Å². The molecule has 130 valence electrons. The topological polar surface area (TPSA) is 144 Å². The highest BCUT2D eigenvalue weighted by molar-refractivity contribution is 6.58. The molecular formula is C15H18BN5O4. The molecular weight excluding hydrogens is 325 g/mol. The number of rotatable bonds is 7. The summed E-state index contributed by atoms with van der Waals surface area (Å²) in [5.41, 5.74) is 7.57. The predicted molar refractivity (Wildman–Crippen MR) is 93.2 cm³/mol. The smallest absolute Gasteiger partial charge is 0.423 e. The van der Waals surface area contributed by atoms with E-state index in [0.29, 0.717) is 18.6 Å². The summed E-state index contributed by atoms with van der Waals surface area (Å²) in [7, 11) is -1.52. The van der Waals surface area contributed by atoms with Gasteiger partial charge in [-0.2, -0.15) is 5.11 Å². The lowest BCUT2D eigenvalue weighted by Gasteiger charge is -2.06. The van der Waals surface area contributed by atoms with Gasteiger partial charge in [-0.1, -0.05) is 24.3 Å². The first-order chi connectivity index (χ1) is 12.0. The monoisotopic (exact) mass is 343 g/mol. The Hall–Kier alpha value is -2.98. The van der Waals surface area contributed by atoms with Crippen molar-refractivity contribution in [2.24, 2.45) is 5.11 Å². The summed E-state index contributed by atoms with van der Waals surface area (Å²) in [6.07, 6.45) is 2.78. The Labute approximate surface area is 143 Å². The van der Waals surface area contributed by atoms with E-state index in [-0.39, 0.29) is 11.3 Å². The lowest BCUT2D eigenvalue weighted by Crippen LogP contribution is -2.31. The van der Waals surface area contributed by atoms with Gasteiger partial charge >= 0.3 is 12.8 Å². The fourth-order valence-corrected chi connectivity index (χ4v) is 2.17. The highest BCUT2D eigenvalue weighted by Gasteiger charge is 2.10. The highest BCUT2D eigenvalue weighted by atomic mass is 16.4. The minimum absolute atomic E-state index is 0.0888. The van der Waals surface area contributed by atoms with Gasteiger partial charge in [0.15, 0.2) is 0 Å². The van der Waals surface area contributed by atoms with Crippen LogP contribution in [0, 0.1) is 5.53 Å². The third kappa shape index (κ3) is 4.52. The normalized spacial score (nSPS) is 11.2. The molecule has 9 nitrogen and oxygen atoms in total. The number of aryl methyl sites for hydroxylation is 1. The second kappa shape index (κ2) is 8.22. The summed E-state index contributed by atoms with van der Waals surface area (Å²) in [5, 5.41) is 24.4. The molecule has 2 rings (SSSR count). The van der Waals surface area contributed by atoms with E-state index in [1.807, 2.05) is 0 Å². The minimum Gasteiger partial charge on any atom is -0.423 e. The van der Waals surface area contributed by atoms with E-state index in [4.69, 9.17) is 15.6 Å². The Kier molecular flexibility index (Phi) is 6.04. The molecule has 5 N–H and O–H groups in total. The van der Waals surface area contributed by atoms with Crippen molar-refractivity contribution in [1.29, 1.82) is 5.53 Å². The maximum Gasteiger partial charge on any atom is 0.488 e. The first-order valence-electron chi connectivity index (χ1n) is 7.56. The van der Waals surface area contributed by atoms with Crippen molar-refractivity contribution < 1.29 is 10.0 Å².